The van der Waals surface area contributed by atoms with Crippen molar-refractivity contribution in [3.63, 3.8) is 0 Å². The summed E-state index contributed by atoms with van der Waals surface area (Å²) >= 11 is 11.9. The van der Waals surface area contributed by atoms with Crippen molar-refractivity contribution in [2.24, 2.45) is 11.8 Å². The quantitative estimate of drug-likeness (QED) is 0.897. The van der Waals surface area contributed by atoms with Gasteiger partial charge in [-0.05, 0) is 32.4 Å². The third-order valence-corrected chi connectivity index (χ3v) is 3.92. The van der Waals surface area contributed by atoms with E-state index in [1.807, 2.05) is 13.8 Å². The Hall–Kier alpha value is -1.26. The van der Waals surface area contributed by atoms with Crippen molar-refractivity contribution in [1.82, 2.24) is 5.32 Å². The third kappa shape index (κ3) is 3.44. The summed E-state index contributed by atoms with van der Waals surface area (Å²) in [7, 11) is 0. The highest BCUT2D eigenvalue weighted by molar-refractivity contribution is 6.44. The topological polar surface area (TPSA) is 58.2 Å². The lowest BCUT2D eigenvalue weighted by molar-refractivity contribution is -0.125. The average molecular weight is 315 g/mol. The Labute approximate surface area is 127 Å². The lowest BCUT2D eigenvalue weighted by Gasteiger charge is -2.09. The van der Waals surface area contributed by atoms with Gasteiger partial charge in [0.25, 0.3) is 0 Å². The van der Waals surface area contributed by atoms with Gasteiger partial charge in [-0.25, -0.2) is 0 Å². The Morgan fingerprint density at radius 2 is 1.85 bits per heavy atom. The summed E-state index contributed by atoms with van der Waals surface area (Å²) in [4.78, 5) is 23.8. The Kier molecular flexibility index (Phi) is 4.55. The molecule has 0 aromatic heterocycles. The molecule has 2 unspecified atom stereocenters. The highest BCUT2D eigenvalue weighted by atomic mass is 35.5. The highest BCUT2D eigenvalue weighted by Gasteiger charge is 2.48. The van der Waals surface area contributed by atoms with Gasteiger partial charge in [0.1, 0.15) is 0 Å². The van der Waals surface area contributed by atoms with E-state index >= 15 is 0 Å². The Morgan fingerprint density at radius 3 is 2.50 bits per heavy atom. The molecule has 0 saturated heterocycles. The number of carbonyl (C=O) groups excluding carboxylic acids is 2. The number of nitrogens with one attached hydrogen (secondary N) is 2. The van der Waals surface area contributed by atoms with E-state index in [1.54, 1.807) is 18.2 Å². The first kappa shape index (κ1) is 15.1. The molecule has 1 aromatic rings. The van der Waals surface area contributed by atoms with Crippen LogP contribution in [-0.2, 0) is 9.59 Å². The van der Waals surface area contributed by atoms with Gasteiger partial charge in [-0.15, -0.1) is 0 Å². The number of carbonyl (C=O) groups is 2. The average Bonchev–Trinajstić information content (AvgIpc) is 3.14. The summed E-state index contributed by atoms with van der Waals surface area (Å²) < 4.78 is 0. The van der Waals surface area contributed by atoms with Crippen LogP contribution in [0, 0.1) is 11.8 Å². The minimum Gasteiger partial charge on any atom is -0.354 e. The highest BCUT2D eigenvalue weighted by Crippen LogP contribution is 2.40. The number of amides is 2. The molecule has 1 aromatic carbocycles. The van der Waals surface area contributed by atoms with E-state index in [0.29, 0.717) is 22.2 Å². The molecule has 108 valence electrons. The largest absolute Gasteiger partial charge is 0.354 e. The molecule has 2 rings (SSSR count). The van der Waals surface area contributed by atoms with E-state index in [0.717, 1.165) is 0 Å². The van der Waals surface area contributed by atoms with Crippen LogP contribution in [0.2, 0.25) is 10.0 Å². The van der Waals surface area contributed by atoms with Crippen LogP contribution in [0.4, 0.5) is 5.69 Å². The summed E-state index contributed by atoms with van der Waals surface area (Å²) in [6.45, 7) is 3.78. The second kappa shape index (κ2) is 6.02. The molecule has 1 aliphatic rings. The standard InChI is InChI=1S/C14H16Cl2N2O2/c1-7(2)17-13(19)8-6-9(8)14(20)18-11-5-3-4-10(15)12(11)16/h3-5,7-9H,6H2,1-2H3,(H,17,19)(H,18,20). The van der Waals surface area contributed by atoms with Crippen LogP contribution in [0.1, 0.15) is 20.3 Å². The van der Waals surface area contributed by atoms with E-state index in [4.69, 9.17) is 23.2 Å². The zero-order valence-electron chi connectivity index (χ0n) is 11.2. The fraction of sp³-hybridized carbons (Fsp3) is 0.429. The lowest BCUT2D eigenvalue weighted by Crippen LogP contribution is -2.32. The smallest absolute Gasteiger partial charge is 0.228 e. The number of rotatable bonds is 4. The van der Waals surface area contributed by atoms with E-state index in [-0.39, 0.29) is 29.7 Å². The molecule has 1 aliphatic carbocycles. The Morgan fingerprint density at radius 1 is 1.20 bits per heavy atom. The van der Waals surface area contributed by atoms with Crippen molar-refractivity contribution >= 4 is 40.7 Å². The molecule has 0 radical (unpaired) electrons. The number of anilines is 1. The molecule has 6 heteroatoms. The molecule has 4 nitrogen and oxygen atoms in total. The molecule has 2 amide bonds. The predicted molar refractivity (Wildman–Crippen MR) is 80.0 cm³/mol. The van der Waals surface area contributed by atoms with Crippen LogP contribution < -0.4 is 10.6 Å². The lowest BCUT2D eigenvalue weighted by atomic mass is 10.2. The molecule has 2 atom stereocenters. The zero-order chi connectivity index (χ0) is 14.9. The van der Waals surface area contributed by atoms with Crippen molar-refractivity contribution in [3.8, 4) is 0 Å². The van der Waals surface area contributed by atoms with Gasteiger partial charge in [0.05, 0.1) is 27.6 Å². The van der Waals surface area contributed by atoms with Gasteiger partial charge in [0.15, 0.2) is 0 Å². The van der Waals surface area contributed by atoms with Crippen molar-refractivity contribution in [3.05, 3.63) is 28.2 Å². The molecule has 1 saturated carbocycles. The van der Waals surface area contributed by atoms with Gasteiger partial charge >= 0.3 is 0 Å². The summed E-state index contributed by atoms with van der Waals surface area (Å²) in [5.41, 5.74) is 0.471. The van der Waals surface area contributed by atoms with Crippen LogP contribution in [0.25, 0.3) is 0 Å². The first-order valence-corrected chi connectivity index (χ1v) is 7.21. The van der Waals surface area contributed by atoms with Crippen molar-refractivity contribution in [2.45, 2.75) is 26.3 Å². The summed E-state index contributed by atoms with van der Waals surface area (Å²) in [5, 5.41) is 6.22. The van der Waals surface area contributed by atoms with Gasteiger partial charge < -0.3 is 10.6 Å². The van der Waals surface area contributed by atoms with E-state index in [2.05, 4.69) is 10.6 Å². The van der Waals surface area contributed by atoms with Gasteiger partial charge in [0.2, 0.25) is 11.8 Å². The number of benzene rings is 1. The normalized spacial score (nSPS) is 20.6. The Bertz CT molecular complexity index is 546. The molecule has 0 heterocycles. The summed E-state index contributed by atoms with van der Waals surface area (Å²) in [6.07, 6.45) is 0.572. The van der Waals surface area contributed by atoms with Gasteiger partial charge in [-0.1, -0.05) is 29.3 Å². The van der Waals surface area contributed by atoms with Crippen LogP contribution in [-0.4, -0.2) is 17.9 Å². The number of hydrogen-bond donors (Lipinski definition) is 2. The number of halogens is 2. The van der Waals surface area contributed by atoms with Gasteiger partial charge in [0, 0.05) is 6.04 Å². The van der Waals surface area contributed by atoms with Crippen LogP contribution in [0.15, 0.2) is 18.2 Å². The molecule has 2 N–H and O–H groups in total. The van der Waals surface area contributed by atoms with Crippen molar-refractivity contribution in [1.29, 1.82) is 0 Å². The predicted octanol–water partition coefficient (Wildman–Crippen LogP) is 3.09. The summed E-state index contributed by atoms with van der Waals surface area (Å²) in [5.74, 6) is -0.797. The Balaban J connectivity index is 1.94. The molecule has 0 spiro atoms. The SMILES string of the molecule is CC(C)NC(=O)C1CC1C(=O)Nc1cccc(Cl)c1Cl. The van der Waals surface area contributed by atoms with Crippen LogP contribution in [0.3, 0.4) is 0 Å². The number of hydrogen-bond acceptors (Lipinski definition) is 2. The second-order valence-electron chi connectivity index (χ2n) is 5.20. The molecule has 20 heavy (non-hydrogen) atoms. The molecular weight excluding hydrogens is 299 g/mol. The van der Waals surface area contributed by atoms with E-state index in [9.17, 15) is 9.59 Å². The zero-order valence-corrected chi connectivity index (χ0v) is 12.8. The maximum absolute atomic E-state index is 12.0. The third-order valence-electron chi connectivity index (χ3n) is 3.10. The van der Waals surface area contributed by atoms with Crippen molar-refractivity contribution in [2.75, 3.05) is 5.32 Å². The van der Waals surface area contributed by atoms with Crippen molar-refractivity contribution < 1.29 is 9.59 Å². The van der Waals surface area contributed by atoms with Gasteiger partial charge in [-0.3, -0.25) is 9.59 Å². The molecular formula is C14H16Cl2N2O2. The van der Waals surface area contributed by atoms with Crippen LogP contribution in [0.5, 0.6) is 0 Å². The fourth-order valence-electron chi connectivity index (χ4n) is 1.99. The first-order valence-electron chi connectivity index (χ1n) is 6.45. The first-order chi connectivity index (χ1) is 9.40. The van der Waals surface area contributed by atoms with E-state index in [1.165, 1.54) is 0 Å². The minimum atomic E-state index is -0.288. The van der Waals surface area contributed by atoms with E-state index < -0.39 is 0 Å². The summed E-state index contributed by atoms with van der Waals surface area (Å²) in [6, 6.07) is 5.11. The maximum Gasteiger partial charge on any atom is 0.228 e. The molecule has 0 aliphatic heterocycles. The monoisotopic (exact) mass is 314 g/mol. The minimum absolute atomic E-state index is 0.0719. The molecule has 0 bridgehead atoms. The van der Waals surface area contributed by atoms with Crippen LogP contribution >= 0.6 is 23.2 Å². The van der Waals surface area contributed by atoms with Gasteiger partial charge in [-0.2, -0.15) is 0 Å². The second-order valence-corrected chi connectivity index (χ2v) is 5.99. The maximum atomic E-state index is 12.0. The fourth-order valence-corrected chi connectivity index (χ4v) is 2.34. The molecule has 1 fully saturated rings.